The predicted octanol–water partition coefficient (Wildman–Crippen LogP) is 2.46. The fourth-order valence-electron chi connectivity index (χ4n) is 2.79. The number of hydrogen-bond donors (Lipinski definition) is 2. The Morgan fingerprint density at radius 1 is 1.26 bits per heavy atom. The van der Waals surface area contributed by atoms with Gasteiger partial charge >= 0.3 is 12.0 Å². The first-order chi connectivity index (χ1) is 8.64. The molecule has 0 radical (unpaired) electrons. The Morgan fingerprint density at radius 2 is 1.79 bits per heavy atom. The summed E-state index contributed by atoms with van der Waals surface area (Å²) in [5.41, 5.74) is -0.517. The van der Waals surface area contributed by atoms with Gasteiger partial charge in [0.05, 0.1) is 12.0 Å². The first-order valence-electron chi connectivity index (χ1n) is 6.89. The van der Waals surface area contributed by atoms with E-state index in [-0.39, 0.29) is 17.9 Å². The maximum atomic E-state index is 12.2. The van der Waals surface area contributed by atoms with Crippen molar-refractivity contribution in [3.05, 3.63) is 0 Å². The molecule has 0 aromatic heterocycles. The number of rotatable bonds is 4. The standard InChI is InChI=1S/C14H26N2O3/c1-13(2,3)10-16(4)12(19)15-14(9-11(17)18)7-5-6-8-14/h5-10H2,1-4H3,(H,15,19)(H,17,18). The van der Waals surface area contributed by atoms with E-state index in [1.807, 2.05) is 0 Å². The van der Waals surface area contributed by atoms with Crippen molar-refractivity contribution < 1.29 is 14.7 Å². The molecule has 0 unspecified atom stereocenters. The molecule has 0 saturated heterocycles. The predicted molar refractivity (Wildman–Crippen MR) is 74.1 cm³/mol. The van der Waals surface area contributed by atoms with Crippen molar-refractivity contribution in [1.29, 1.82) is 0 Å². The highest BCUT2D eigenvalue weighted by Gasteiger charge is 2.38. The monoisotopic (exact) mass is 270 g/mol. The minimum absolute atomic E-state index is 0.0160. The summed E-state index contributed by atoms with van der Waals surface area (Å²) in [4.78, 5) is 24.8. The maximum Gasteiger partial charge on any atom is 0.317 e. The molecule has 1 aliphatic carbocycles. The van der Waals surface area contributed by atoms with E-state index < -0.39 is 11.5 Å². The number of carbonyl (C=O) groups excluding carboxylic acids is 1. The molecule has 1 aliphatic rings. The topological polar surface area (TPSA) is 69.6 Å². The fourth-order valence-corrected chi connectivity index (χ4v) is 2.79. The molecule has 1 saturated carbocycles. The highest BCUT2D eigenvalue weighted by molar-refractivity contribution is 5.76. The molecule has 110 valence electrons. The Bertz CT molecular complexity index is 341. The van der Waals surface area contributed by atoms with E-state index in [4.69, 9.17) is 5.11 Å². The molecular formula is C14H26N2O3. The van der Waals surface area contributed by atoms with Crippen molar-refractivity contribution >= 4 is 12.0 Å². The SMILES string of the molecule is CN(CC(C)(C)C)C(=O)NC1(CC(=O)O)CCCC1. The number of carbonyl (C=O) groups is 2. The van der Waals surface area contributed by atoms with Gasteiger partial charge in [-0.25, -0.2) is 4.79 Å². The van der Waals surface area contributed by atoms with Crippen molar-refractivity contribution in [1.82, 2.24) is 10.2 Å². The minimum Gasteiger partial charge on any atom is -0.481 e. The number of carboxylic acid groups (broad SMARTS) is 1. The van der Waals surface area contributed by atoms with Gasteiger partial charge < -0.3 is 15.3 Å². The zero-order valence-corrected chi connectivity index (χ0v) is 12.5. The van der Waals surface area contributed by atoms with Gasteiger partial charge in [0, 0.05) is 13.6 Å². The first kappa shape index (κ1) is 15.8. The van der Waals surface area contributed by atoms with Crippen LogP contribution in [0.2, 0.25) is 0 Å². The molecule has 0 aromatic carbocycles. The molecule has 1 fully saturated rings. The molecule has 0 aliphatic heterocycles. The third-order valence-corrected chi connectivity index (χ3v) is 3.48. The summed E-state index contributed by atoms with van der Waals surface area (Å²) < 4.78 is 0. The molecule has 5 heteroatoms. The zero-order valence-electron chi connectivity index (χ0n) is 12.5. The Balaban J connectivity index is 2.64. The largest absolute Gasteiger partial charge is 0.481 e. The maximum absolute atomic E-state index is 12.2. The fraction of sp³-hybridized carbons (Fsp3) is 0.857. The Morgan fingerprint density at radius 3 is 2.21 bits per heavy atom. The number of urea groups is 1. The average molecular weight is 270 g/mol. The minimum atomic E-state index is -0.847. The quantitative estimate of drug-likeness (QED) is 0.824. The smallest absolute Gasteiger partial charge is 0.317 e. The number of hydrogen-bond acceptors (Lipinski definition) is 2. The van der Waals surface area contributed by atoms with E-state index in [2.05, 4.69) is 26.1 Å². The van der Waals surface area contributed by atoms with E-state index in [1.165, 1.54) is 0 Å². The van der Waals surface area contributed by atoms with Crippen molar-refractivity contribution in [3.8, 4) is 0 Å². The molecule has 0 bridgehead atoms. The van der Waals surface area contributed by atoms with Gasteiger partial charge in [0.1, 0.15) is 0 Å². The van der Waals surface area contributed by atoms with Gasteiger partial charge in [-0.15, -0.1) is 0 Å². The summed E-state index contributed by atoms with van der Waals surface area (Å²) in [6.45, 7) is 6.85. The van der Waals surface area contributed by atoms with Crippen LogP contribution in [0.1, 0.15) is 52.9 Å². The molecular weight excluding hydrogens is 244 g/mol. The van der Waals surface area contributed by atoms with Crippen LogP contribution in [0.4, 0.5) is 4.79 Å². The summed E-state index contributed by atoms with van der Waals surface area (Å²) >= 11 is 0. The highest BCUT2D eigenvalue weighted by Crippen LogP contribution is 2.32. The van der Waals surface area contributed by atoms with Crippen LogP contribution in [0.15, 0.2) is 0 Å². The Labute approximate surface area is 115 Å². The molecule has 19 heavy (non-hydrogen) atoms. The number of amides is 2. The van der Waals surface area contributed by atoms with Crippen molar-refractivity contribution in [3.63, 3.8) is 0 Å². The first-order valence-corrected chi connectivity index (χ1v) is 6.89. The van der Waals surface area contributed by atoms with Crippen LogP contribution in [0.3, 0.4) is 0 Å². The van der Waals surface area contributed by atoms with Gasteiger partial charge in [0.15, 0.2) is 0 Å². The lowest BCUT2D eigenvalue weighted by molar-refractivity contribution is -0.138. The van der Waals surface area contributed by atoms with E-state index >= 15 is 0 Å². The lowest BCUT2D eigenvalue weighted by atomic mass is 9.93. The molecule has 0 spiro atoms. The number of carboxylic acids is 1. The third kappa shape index (κ3) is 5.09. The summed E-state index contributed by atoms with van der Waals surface area (Å²) in [6.07, 6.45) is 3.50. The van der Waals surface area contributed by atoms with Crippen molar-refractivity contribution in [2.45, 2.75) is 58.4 Å². The summed E-state index contributed by atoms with van der Waals surface area (Å²) in [6, 6.07) is -0.168. The number of aliphatic carboxylic acids is 1. The molecule has 2 N–H and O–H groups in total. The van der Waals surface area contributed by atoms with Gasteiger partial charge in [-0.3, -0.25) is 4.79 Å². The Kier molecular flexibility index (Phi) is 4.82. The second-order valence-electron chi connectivity index (χ2n) is 6.90. The van der Waals surface area contributed by atoms with E-state index in [1.54, 1.807) is 11.9 Å². The molecule has 1 rings (SSSR count). The zero-order chi connectivity index (χ0) is 14.7. The van der Waals surface area contributed by atoms with Gasteiger partial charge in [-0.1, -0.05) is 33.6 Å². The van der Waals surface area contributed by atoms with Gasteiger partial charge in [0.25, 0.3) is 0 Å². The highest BCUT2D eigenvalue weighted by atomic mass is 16.4. The molecule has 2 amide bonds. The van der Waals surface area contributed by atoms with Crippen LogP contribution in [-0.2, 0) is 4.79 Å². The lowest BCUT2D eigenvalue weighted by Crippen LogP contribution is -2.53. The normalized spacial score (nSPS) is 18.1. The molecule has 0 aromatic rings. The molecule has 0 atom stereocenters. The van der Waals surface area contributed by atoms with Crippen LogP contribution >= 0.6 is 0 Å². The Hall–Kier alpha value is -1.26. The third-order valence-electron chi connectivity index (χ3n) is 3.48. The second kappa shape index (κ2) is 5.80. The van der Waals surface area contributed by atoms with Gasteiger partial charge in [0.2, 0.25) is 0 Å². The van der Waals surface area contributed by atoms with Crippen molar-refractivity contribution in [2.24, 2.45) is 5.41 Å². The van der Waals surface area contributed by atoms with Crippen molar-refractivity contribution in [2.75, 3.05) is 13.6 Å². The molecule has 5 nitrogen and oxygen atoms in total. The second-order valence-corrected chi connectivity index (χ2v) is 6.90. The summed E-state index contributed by atoms with van der Waals surface area (Å²) in [5.74, 6) is -0.847. The van der Waals surface area contributed by atoms with E-state index in [0.717, 1.165) is 25.7 Å². The van der Waals surface area contributed by atoms with E-state index in [9.17, 15) is 9.59 Å². The number of nitrogens with zero attached hydrogens (tertiary/aromatic N) is 1. The lowest BCUT2D eigenvalue weighted by Gasteiger charge is -2.33. The summed E-state index contributed by atoms with van der Waals surface area (Å²) in [7, 11) is 1.75. The van der Waals surface area contributed by atoms with Gasteiger partial charge in [-0.2, -0.15) is 0 Å². The van der Waals surface area contributed by atoms with Crippen LogP contribution in [0.25, 0.3) is 0 Å². The molecule has 0 heterocycles. The van der Waals surface area contributed by atoms with Crippen LogP contribution in [0.5, 0.6) is 0 Å². The average Bonchev–Trinajstić information content (AvgIpc) is 2.62. The van der Waals surface area contributed by atoms with Crippen LogP contribution in [-0.4, -0.2) is 41.1 Å². The van der Waals surface area contributed by atoms with E-state index in [0.29, 0.717) is 6.54 Å². The number of nitrogens with one attached hydrogen (secondary N) is 1. The van der Waals surface area contributed by atoms with Crippen LogP contribution in [0, 0.1) is 5.41 Å². The summed E-state index contributed by atoms with van der Waals surface area (Å²) in [5, 5.41) is 12.0. The van der Waals surface area contributed by atoms with Crippen LogP contribution < -0.4 is 5.32 Å². The van der Waals surface area contributed by atoms with Gasteiger partial charge in [-0.05, 0) is 18.3 Å².